The average molecular weight is 314 g/mol. The molecule has 0 aliphatic rings. The van der Waals surface area contributed by atoms with Gasteiger partial charge in [-0.25, -0.2) is 4.98 Å². The van der Waals surface area contributed by atoms with E-state index in [1.54, 1.807) is 6.07 Å². The fourth-order valence-corrected chi connectivity index (χ4v) is 1.38. The van der Waals surface area contributed by atoms with Gasteiger partial charge < -0.3 is 0 Å². The zero-order valence-electron chi connectivity index (χ0n) is 6.45. The summed E-state index contributed by atoms with van der Waals surface area (Å²) in [4.78, 5) is 3.92. The molecule has 0 N–H and O–H groups in total. The van der Waals surface area contributed by atoms with Crippen LogP contribution in [-0.4, -0.2) is 4.98 Å². The molecule has 1 aromatic heterocycles. The molecule has 0 aliphatic heterocycles. The summed E-state index contributed by atoms with van der Waals surface area (Å²) >= 11 is 33.7. The number of alkyl halides is 6. The highest BCUT2D eigenvalue weighted by Crippen LogP contribution is 2.40. The Morgan fingerprint density at radius 1 is 0.786 bits per heavy atom. The molecule has 7 heteroatoms. The lowest BCUT2D eigenvalue weighted by Gasteiger charge is -2.14. The van der Waals surface area contributed by atoms with Crippen molar-refractivity contribution in [3.8, 4) is 0 Å². The van der Waals surface area contributed by atoms with E-state index in [1.165, 1.54) is 12.1 Å². The minimum atomic E-state index is -1.62. The van der Waals surface area contributed by atoms with Crippen LogP contribution < -0.4 is 0 Å². The van der Waals surface area contributed by atoms with Crippen LogP contribution >= 0.6 is 69.6 Å². The number of hydrogen-bond acceptors (Lipinski definition) is 1. The Balaban J connectivity index is 3.15. The first-order valence-corrected chi connectivity index (χ1v) is 5.59. The number of rotatable bonds is 0. The van der Waals surface area contributed by atoms with Crippen molar-refractivity contribution in [2.45, 2.75) is 7.59 Å². The van der Waals surface area contributed by atoms with Gasteiger partial charge in [0.05, 0.1) is 11.4 Å². The molecule has 0 amide bonds. The van der Waals surface area contributed by atoms with Crippen LogP contribution in [0.25, 0.3) is 0 Å². The van der Waals surface area contributed by atoms with Gasteiger partial charge in [0.2, 0.25) is 7.59 Å². The quantitative estimate of drug-likeness (QED) is 0.631. The van der Waals surface area contributed by atoms with Crippen LogP contribution in [0, 0.1) is 0 Å². The summed E-state index contributed by atoms with van der Waals surface area (Å²) < 4.78 is -3.24. The highest BCUT2D eigenvalue weighted by molar-refractivity contribution is 6.67. The number of hydrogen-bond donors (Lipinski definition) is 0. The fourth-order valence-electron chi connectivity index (χ4n) is 0.750. The monoisotopic (exact) mass is 311 g/mol. The van der Waals surface area contributed by atoms with Gasteiger partial charge in [0.1, 0.15) is 0 Å². The van der Waals surface area contributed by atoms with Crippen molar-refractivity contribution >= 4 is 69.6 Å². The van der Waals surface area contributed by atoms with Gasteiger partial charge in [-0.2, -0.15) is 0 Å². The minimum absolute atomic E-state index is 0.214. The molecule has 78 valence electrons. The maximum absolute atomic E-state index is 5.62. The summed E-state index contributed by atoms with van der Waals surface area (Å²) in [6.45, 7) is 0. The zero-order valence-corrected chi connectivity index (χ0v) is 11.0. The Bertz CT molecular complexity index is 296. The first-order valence-electron chi connectivity index (χ1n) is 3.33. The third-order valence-corrected chi connectivity index (χ3v) is 2.49. The zero-order chi connectivity index (χ0) is 11.0. The van der Waals surface area contributed by atoms with Crippen molar-refractivity contribution in [2.24, 2.45) is 0 Å². The van der Waals surface area contributed by atoms with E-state index in [0.29, 0.717) is 0 Å². The van der Waals surface area contributed by atoms with Crippen LogP contribution in [0.4, 0.5) is 0 Å². The third kappa shape index (κ3) is 3.48. The van der Waals surface area contributed by atoms with Crippen molar-refractivity contribution in [3.63, 3.8) is 0 Å². The normalized spacial score (nSPS) is 13.0. The summed E-state index contributed by atoms with van der Waals surface area (Å²) in [7, 11) is 0. The number of pyridine rings is 1. The van der Waals surface area contributed by atoms with Gasteiger partial charge in [-0.15, -0.1) is 0 Å². The molecule has 0 bridgehead atoms. The molecule has 1 rings (SSSR count). The standard InChI is InChI=1S/C7H3Cl6N/c8-6(9,10)4-2-1-3-5(14-4)7(11,12)13/h1-3H. The molecule has 1 heterocycles. The molecule has 0 aliphatic carbocycles. The van der Waals surface area contributed by atoms with Crippen molar-refractivity contribution in [1.82, 2.24) is 4.98 Å². The van der Waals surface area contributed by atoms with E-state index in [0.717, 1.165) is 0 Å². The van der Waals surface area contributed by atoms with Crippen LogP contribution in [0.15, 0.2) is 18.2 Å². The lowest BCUT2D eigenvalue weighted by molar-refractivity contribution is 0.996. The Hall–Kier alpha value is 0.890. The lowest BCUT2D eigenvalue weighted by atomic mass is 10.3. The first kappa shape index (κ1) is 13.0. The summed E-state index contributed by atoms with van der Waals surface area (Å²) in [5, 5.41) is 0. The van der Waals surface area contributed by atoms with E-state index in [2.05, 4.69) is 4.98 Å². The predicted octanol–water partition coefficient (Wildman–Crippen LogP) is 4.74. The second-order valence-corrected chi connectivity index (χ2v) is 6.97. The maximum atomic E-state index is 5.62. The van der Waals surface area contributed by atoms with Crippen LogP contribution in [0.5, 0.6) is 0 Å². The van der Waals surface area contributed by atoms with Crippen LogP contribution in [0.3, 0.4) is 0 Å². The molecule has 0 spiro atoms. The largest absolute Gasteiger partial charge is 0.249 e. The fraction of sp³-hybridized carbons (Fsp3) is 0.286. The maximum Gasteiger partial charge on any atom is 0.232 e. The number of aromatic nitrogens is 1. The summed E-state index contributed by atoms with van der Waals surface area (Å²) in [5.74, 6) is 0. The Labute approximate surface area is 111 Å². The molecular weight excluding hydrogens is 311 g/mol. The predicted molar refractivity (Wildman–Crippen MR) is 62.7 cm³/mol. The van der Waals surface area contributed by atoms with Crippen molar-refractivity contribution in [1.29, 1.82) is 0 Å². The van der Waals surface area contributed by atoms with E-state index >= 15 is 0 Å². The minimum Gasteiger partial charge on any atom is -0.249 e. The van der Waals surface area contributed by atoms with Gasteiger partial charge in [-0.3, -0.25) is 0 Å². The van der Waals surface area contributed by atoms with Gasteiger partial charge in [0.25, 0.3) is 0 Å². The molecule has 0 radical (unpaired) electrons. The topological polar surface area (TPSA) is 12.9 Å². The van der Waals surface area contributed by atoms with E-state index in [-0.39, 0.29) is 11.4 Å². The Morgan fingerprint density at radius 3 is 1.43 bits per heavy atom. The van der Waals surface area contributed by atoms with E-state index < -0.39 is 7.59 Å². The molecule has 0 unspecified atom stereocenters. The highest BCUT2D eigenvalue weighted by atomic mass is 35.6. The van der Waals surface area contributed by atoms with Gasteiger partial charge in [-0.1, -0.05) is 75.7 Å². The highest BCUT2D eigenvalue weighted by Gasteiger charge is 2.29. The SMILES string of the molecule is ClC(Cl)(Cl)c1cccc(C(Cl)(Cl)Cl)n1. The summed E-state index contributed by atoms with van der Waals surface area (Å²) in [6.07, 6.45) is 0. The molecule has 0 saturated heterocycles. The molecule has 0 aromatic carbocycles. The van der Waals surface area contributed by atoms with E-state index in [1.807, 2.05) is 0 Å². The first-order chi connectivity index (χ1) is 6.21. The van der Waals surface area contributed by atoms with Gasteiger partial charge in [0, 0.05) is 0 Å². The van der Waals surface area contributed by atoms with Gasteiger partial charge >= 0.3 is 0 Å². The van der Waals surface area contributed by atoms with Gasteiger partial charge in [-0.05, 0) is 12.1 Å². The second kappa shape index (κ2) is 4.40. The van der Waals surface area contributed by atoms with Crippen molar-refractivity contribution in [3.05, 3.63) is 29.6 Å². The molecular formula is C7H3Cl6N. The Morgan fingerprint density at radius 2 is 1.14 bits per heavy atom. The molecule has 1 nitrogen and oxygen atoms in total. The average Bonchev–Trinajstić information content (AvgIpc) is 2.01. The molecule has 0 fully saturated rings. The van der Waals surface area contributed by atoms with Crippen molar-refractivity contribution < 1.29 is 0 Å². The molecule has 0 saturated carbocycles. The van der Waals surface area contributed by atoms with Crippen LogP contribution in [0.1, 0.15) is 11.4 Å². The number of nitrogens with zero attached hydrogens (tertiary/aromatic N) is 1. The number of halogens is 6. The summed E-state index contributed by atoms with van der Waals surface area (Å²) in [6, 6.07) is 4.67. The molecule has 0 atom stereocenters. The smallest absolute Gasteiger partial charge is 0.232 e. The molecule has 14 heavy (non-hydrogen) atoms. The third-order valence-electron chi connectivity index (χ3n) is 1.33. The Kier molecular flexibility index (Phi) is 4.08. The van der Waals surface area contributed by atoms with Crippen molar-refractivity contribution in [2.75, 3.05) is 0 Å². The van der Waals surface area contributed by atoms with Crippen LogP contribution in [-0.2, 0) is 7.59 Å². The summed E-state index contributed by atoms with van der Waals surface area (Å²) in [5.41, 5.74) is 0.428. The second-order valence-electron chi connectivity index (χ2n) is 2.40. The van der Waals surface area contributed by atoms with E-state index in [9.17, 15) is 0 Å². The van der Waals surface area contributed by atoms with Gasteiger partial charge in [0.15, 0.2) is 0 Å². The van der Waals surface area contributed by atoms with Crippen LogP contribution in [0.2, 0.25) is 0 Å². The lowest BCUT2D eigenvalue weighted by Crippen LogP contribution is -2.10. The molecule has 1 aromatic rings. The van der Waals surface area contributed by atoms with E-state index in [4.69, 9.17) is 69.6 Å².